The molecule has 0 spiro atoms. The lowest BCUT2D eigenvalue weighted by Crippen LogP contribution is -2.41. The van der Waals surface area contributed by atoms with Gasteiger partial charge in [-0.25, -0.2) is 4.39 Å². The molecule has 27 heavy (non-hydrogen) atoms. The first-order valence-corrected chi connectivity index (χ1v) is 9.05. The Balaban J connectivity index is 1.61. The Morgan fingerprint density at radius 1 is 1.19 bits per heavy atom. The van der Waals surface area contributed by atoms with Gasteiger partial charge in [-0.2, -0.15) is 0 Å². The molecule has 2 aromatic carbocycles. The number of methoxy groups -OCH3 is 1. The molecule has 0 radical (unpaired) electrons. The van der Waals surface area contributed by atoms with E-state index in [1.165, 1.54) is 19.2 Å². The molecule has 0 saturated carbocycles. The van der Waals surface area contributed by atoms with Crippen LogP contribution in [-0.4, -0.2) is 36.9 Å². The zero-order valence-electron chi connectivity index (χ0n) is 14.9. The van der Waals surface area contributed by atoms with Crippen LogP contribution in [-0.2, 0) is 4.79 Å². The number of benzene rings is 2. The van der Waals surface area contributed by atoms with E-state index in [9.17, 15) is 14.0 Å². The molecule has 0 unspecified atom stereocenters. The molecular formula is C20H20ClFN2O3. The molecule has 0 atom stereocenters. The highest BCUT2D eigenvalue weighted by Crippen LogP contribution is 2.29. The minimum absolute atomic E-state index is 0.0593. The van der Waals surface area contributed by atoms with Gasteiger partial charge in [0.25, 0.3) is 5.91 Å². The van der Waals surface area contributed by atoms with E-state index < -0.39 is 5.82 Å². The van der Waals surface area contributed by atoms with Crippen molar-refractivity contribution in [3.05, 3.63) is 58.9 Å². The van der Waals surface area contributed by atoms with Crippen molar-refractivity contribution >= 4 is 29.1 Å². The maximum atomic E-state index is 13.8. The molecule has 142 valence electrons. The smallest absolute Gasteiger partial charge is 0.256 e. The Kier molecular flexibility index (Phi) is 5.96. The molecule has 1 N–H and O–H groups in total. The van der Waals surface area contributed by atoms with Gasteiger partial charge in [-0.1, -0.05) is 23.7 Å². The first-order chi connectivity index (χ1) is 13.0. The average molecular weight is 391 g/mol. The highest BCUT2D eigenvalue weighted by Gasteiger charge is 2.29. The van der Waals surface area contributed by atoms with Gasteiger partial charge in [0, 0.05) is 24.0 Å². The minimum atomic E-state index is -0.532. The lowest BCUT2D eigenvalue weighted by molar-refractivity contribution is -0.121. The zero-order valence-corrected chi connectivity index (χ0v) is 15.6. The molecule has 0 aliphatic carbocycles. The number of likely N-dealkylation sites (tertiary alicyclic amines) is 1. The summed E-state index contributed by atoms with van der Waals surface area (Å²) in [7, 11) is 1.52. The molecule has 1 heterocycles. The summed E-state index contributed by atoms with van der Waals surface area (Å²) in [4.78, 5) is 26.6. The number of ether oxygens (including phenoxy) is 1. The van der Waals surface area contributed by atoms with Crippen LogP contribution in [0.2, 0.25) is 5.02 Å². The van der Waals surface area contributed by atoms with Crippen molar-refractivity contribution < 1.29 is 18.7 Å². The number of anilines is 1. The third-order valence-electron chi connectivity index (χ3n) is 4.68. The van der Waals surface area contributed by atoms with Crippen molar-refractivity contribution in [2.24, 2.45) is 5.92 Å². The van der Waals surface area contributed by atoms with Crippen molar-refractivity contribution in [1.29, 1.82) is 0 Å². The average Bonchev–Trinajstić information content (AvgIpc) is 2.68. The number of hydrogen-bond donors (Lipinski definition) is 1. The lowest BCUT2D eigenvalue weighted by Gasteiger charge is -2.31. The van der Waals surface area contributed by atoms with Crippen LogP contribution in [0.4, 0.5) is 10.1 Å². The van der Waals surface area contributed by atoms with Crippen LogP contribution in [0, 0.1) is 11.7 Å². The van der Waals surface area contributed by atoms with Crippen molar-refractivity contribution in [3.63, 3.8) is 0 Å². The largest absolute Gasteiger partial charge is 0.495 e. The number of piperidine rings is 1. The van der Waals surface area contributed by atoms with Gasteiger partial charge >= 0.3 is 0 Å². The zero-order chi connectivity index (χ0) is 19.4. The van der Waals surface area contributed by atoms with E-state index in [-0.39, 0.29) is 23.3 Å². The van der Waals surface area contributed by atoms with Crippen LogP contribution in [0.15, 0.2) is 42.5 Å². The third-order valence-corrected chi connectivity index (χ3v) is 4.91. The van der Waals surface area contributed by atoms with Crippen molar-refractivity contribution in [2.75, 3.05) is 25.5 Å². The number of hydrogen-bond acceptors (Lipinski definition) is 3. The molecule has 1 fully saturated rings. The van der Waals surface area contributed by atoms with Gasteiger partial charge < -0.3 is 15.0 Å². The van der Waals surface area contributed by atoms with Crippen LogP contribution in [0.25, 0.3) is 0 Å². The van der Waals surface area contributed by atoms with Crippen molar-refractivity contribution in [2.45, 2.75) is 12.8 Å². The van der Waals surface area contributed by atoms with Crippen LogP contribution in [0.3, 0.4) is 0 Å². The minimum Gasteiger partial charge on any atom is -0.495 e. The maximum Gasteiger partial charge on any atom is 0.256 e. The molecule has 1 aliphatic rings. The van der Waals surface area contributed by atoms with E-state index >= 15 is 0 Å². The fraction of sp³-hybridized carbons (Fsp3) is 0.300. The molecular weight excluding hydrogens is 371 g/mol. The predicted molar refractivity (Wildman–Crippen MR) is 102 cm³/mol. The van der Waals surface area contributed by atoms with Gasteiger partial charge in [-0.05, 0) is 43.2 Å². The summed E-state index contributed by atoms with van der Waals surface area (Å²) in [6, 6.07) is 10.9. The van der Waals surface area contributed by atoms with E-state index in [0.717, 1.165) is 0 Å². The lowest BCUT2D eigenvalue weighted by atomic mass is 9.95. The third kappa shape index (κ3) is 4.39. The van der Waals surface area contributed by atoms with Crippen molar-refractivity contribution in [1.82, 2.24) is 4.90 Å². The first-order valence-electron chi connectivity index (χ1n) is 8.68. The van der Waals surface area contributed by atoms with E-state index in [0.29, 0.717) is 42.4 Å². The van der Waals surface area contributed by atoms with Gasteiger partial charge in [-0.3, -0.25) is 9.59 Å². The Bertz CT molecular complexity index is 851. The van der Waals surface area contributed by atoms with E-state index in [1.807, 2.05) is 0 Å². The van der Waals surface area contributed by atoms with E-state index in [4.69, 9.17) is 16.3 Å². The monoisotopic (exact) mass is 390 g/mol. The quantitative estimate of drug-likeness (QED) is 0.859. The number of rotatable bonds is 4. The molecule has 0 aromatic heterocycles. The normalized spacial score (nSPS) is 14.7. The summed E-state index contributed by atoms with van der Waals surface area (Å²) in [6.07, 6.45) is 1.02. The molecule has 1 aliphatic heterocycles. The van der Waals surface area contributed by atoms with Crippen LogP contribution >= 0.6 is 11.6 Å². The van der Waals surface area contributed by atoms with Crippen molar-refractivity contribution in [3.8, 4) is 5.75 Å². The Labute approximate surface area is 162 Å². The number of nitrogens with zero attached hydrogens (tertiary/aromatic N) is 1. The van der Waals surface area contributed by atoms with E-state index in [1.54, 1.807) is 35.2 Å². The highest BCUT2D eigenvalue weighted by molar-refractivity contribution is 6.31. The molecule has 2 aromatic rings. The summed E-state index contributed by atoms with van der Waals surface area (Å²) in [5.74, 6) is -0.731. The van der Waals surface area contributed by atoms with Gasteiger partial charge in [0.15, 0.2) is 0 Å². The fourth-order valence-corrected chi connectivity index (χ4v) is 3.33. The molecule has 2 amide bonds. The Hall–Kier alpha value is -2.60. The highest BCUT2D eigenvalue weighted by atomic mass is 35.5. The van der Waals surface area contributed by atoms with Crippen LogP contribution < -0.4 is 10.1 Å². The van der Waals surface area contributed by atoms with Gasteiger partial charge in [0.1, 0.15) is 11.6 Å². The molecule has 7 heteroatoms. The van der Waals surface area contributed by atoms with E-state index in [2.05, 4.69) is 5.32 Å². The standard InChI is InChI=1S/C20H20ClFN2O3/c1-27-18-7-6-14(21)12-17(18)23-19(25)13-8-10-24(11-9-13)20(26)15-4-2-3-5-16(15)22/h2-7,12-13H,8-11H2,1H3,(H,23,25). The number of nitrogens with one attached hydrogen (secondary N) is 1. The summed E-state index contributed by atoms with van der Waals surface area (Å²) in [6.45, 7) is 0.801. The van der Waals surface area contributed by atoms with Gasteiger partial charge in [-0.15, -0.1) is 0 Å². The number of carbonyl (C=O) groups is 2. The second-order valence-electron chi connectivity index (χ2n) is 6.38. The molecule has 1 saturated heterocycles. The number of carbonyl (C=O) groups excluding carboxylic acids is 2. The Morgan fingerprint density at radius 3 is 2.56 bits per heavy atom. The maximum absolute atomic E-state index is 13.8. The van der Waals surface area contributed by atoms with Crippen LogP contribution in [0.5, 0.6) is 5.75 Å². The molecule has 3 rings (SSSR count). The van der Waals surface area contributed by atoms with Gasteiger partial charge in [0.2, 0.25) is 5.91 Å². The molecule has 0 bridgehead atoms. The second-order valence-corrected chi connectivity index (χ2v) is 6.82. The predicted octanol–water partition coefficient (Wildman–Crippen LogP) is 3.98. The van der Waals surface area contributed by atoms with Gasteiger partial charge in [0.05, 0.1) is 18.4 Å². The first kappa shape index (κ1) is 19.2. The summed E-state index contributed by atoms with van der Waals surface area (Å²) >= 11 is 5.99. The number of halogens is 2. The van der Waals surface area contributed by atoms with Crippen LogP contribution in [0.1, 0.15) is 23.2 Å². The summed E-state index contributed by atoms with van der Waals surface area (Å²) in [5, 5.41) is 3.34. The fourth-order valence-electron chi connectivity index (χ4n) is 3.16. The topological polar surface area (TPSA) is 58.6 Å². The number of amides is 2. The SMILES string of the molecule is COc1ccc(Cl)cc1NC(=O)C1CCN(C(=O)c2ccccc2F)CC1. The summed E-state index contributed by atoms with van der Waals surface area (Å²) in [5.41, 5.74) is 0.573. The second kappa shape index (κ2) is 8.39. The summed E-state index contributed by atoms with van der Waals surface area (Å²) < 4.78 is 19.0. The molecule has 5 nitrogen and oxygen atoms in total. The Morgan fingerprint density at radius 2 is 1.89 bits per heavy atom.